The second kappa shape index (κ2) is 11.2. The third-order valence-corrected chi connectivity index (χ3v) is 7.43. The molecule has 1 aromatic carbocycles. The van der Waals surface area contributed by atoms with E-state index in [1.807, 2.05) is 51.9 Å². The van der Waals surface area contributed by atoms with Gasteiger partial charge in [-0.25, -0.2) is 29.1 Å². The van der Waals surface area contributed by atoms with Crippen LogP contribution in [-0.2, 0) is 4.74 Å². The lowest BCUT2D eigenvalue weighted by Gasteiger charge is -2.35. The van der Waals surface area contributed by atoms with Gasteiger partial charge in [-0.15, -0.1) is 0 Å². The van der Waals surface area contributed by atoms with Crippen molar-refractivity contribution >= 4 is 50.5 Å². The van der Waals surface area contributed by atoms with Crippen LogP contribution in [0, 0.1) is 5.82 Å². The van der Waals surface area contributed by atoms with Crippen molar-refractivity contribution in [2.75, 3.05) is 50.5 Å². The molecule has 1 aliphatic rings. The molecule has 0 unspecified atom stereocenters. The number of aromatic nitrogens is 4. The number of thiazole rings is 1. The minimum absolute atomic E-state index is 0.154. The average Bonchev–Trinajstić information content (AvgIpc) is 3.37. The number of rotatable bonds is 5. The summed E-state index contributed by atoms with van der Waals surface area (Å²) in [5, 5.41) is 3.84. The zero-order chi connectivity index (χ0) is 29.3. The maximum Gasteiger partial charge on any atom is 0.410 e. The van der Waals surface area contributed by atoms with Crippen molar-refractivity contribution in [1.29, 1.82) is 0 Å². The minimum atomic E-state index is -0.571. The number of nitrogens with zero attached hydrogens (tertiary/aromatic N) is 7. The Morgan fingerprint density at radius 3 is 2.39 bits per heavy atom. The first-order valence-corrected chi connectivity index (χ1v) is 13.9. The molecule has 4 heterocycles. The number of anilines is 3. The number of benzene rings is 1. The fourth-order valence-electron chi connectivity index (χ4n) is 4.19. The van der Waals surface area contributed by atoms with Crippen molar-refractivity contribution in [3.05, 3.63) is 54.1 Å². The van der Waals surface area contributed by atoms with E-state index < -0.39 is 11.4 Å². The molecule has 4 aromatic rings. The third kappa shape index (κ3) is 6.51. The highest BCUT2D eigenvalue weighted by atomic mass is 32.1. The molecule has 5 rings (SSSR count). The molecule has 11 nitrogen and oxygen atoms in total. The van der Waals surface area contributed by atoms with Crippen LogP contribution in [0.15, 0.2) is 42.7 Å². The van der Waals surface area contributed by atoms with Gasteiger partial charge in [0.15, 0.2) is 10.9 Å². The number of piperazine rings is 1. The fourth-order valence-corrected chi connectivity index (χ4v) is 5.12. The Morgan fingerprint density at radius 2 is 1.73 bits per heavy atom. The normalized spacial score (nSPS) is 13.8. The molecular weight excluding hydrogens is 547 g/mol. The molecule has 1 saturated heterocycles. The number of carbonyl (C=O) groups excluding carboxylic acids is 2. The number of amides is 2. The lowest BCUT2D eigenvalue weighted by atomic mass is 10.1. The van der Waals surface area contributed by atoms with E-state index in [0.29, 0.717) is 43.1 Å². The predicted octanol–water partition coefficient (Wildman–Crippen LogP) is 4.79. The van der Waals surface area contributed by atoms with E-state index in [1.165, 1.54) is 17.5 Å². The Hall–Kier alpha value is -4.39. The van der Waals surface area contributed by atoms with Crippen molar-refractivity contribution in [1.82, 2.24) is 29.7 Å². The molecule has 13 heteroatoms. The number of halogens is 1. The van der Waals surface area contributed by atoms with E-state index in [-0.39, 0.29) is 23.6 Å². The van der Waals surface area contributed by atoms with E-state index >= 15 is 0 Å². The van der Waals surface area contributed by atoms with E-state index in [1.54, 1.807) is 28.0 Å². The quantitative estimate of drug-likeness (QED) is 0.357. The summed E-state index contributed by atoms with van der Waals surface area (Å²) in [5.41, 5.74) is 1.44. The van der Waals surface area contributed by atoms with Crippen LogP contribution in [0.2, 0.25) is 0 Å². The molecule has 1 fully saturated rings. The van der Waals surface area contributed by atoms with E-state index in [9.17, 15) is 14.0 Å². The molecule has 0 spiro atoms. The smallest absolute Gasteiger partial charge is 0.410 e. The standard InChI is InChI=1S/C28H31FN8O3S/c1-28(2,3)40-27(39)37-12-10-36(11-13-37)24(38)18-7-9-22(30-15-18)33-25-31-16-19(29)23(34-25)17-6-8-20-21(14-17)41-26(32-20)35(4)5/h6-9,14-16H,10-13H2,1-5H3,(H,30,31,33,34). The van der Waals surface area contributed by atoms with Gasteiger partial charge in [-0.2, -0.15) is 0 Å². The number of carbonyl (C=O) groups is 2. The Bertz CT molecular complexity index is 1580. The zero-order valence-electron chi connectivity index (χ0n) is 23.5. The van der Waals surface area contributed by atoms with Crippen LogP contribution in [0.25, 0.3) is 21.5 Å². The second-order valence-electron chi connectivity index (χ2n) is 10.8. The molecule has 0 saturated carbocycles. The van der Waals surface area contributed by atoms with Gasteiger partial charge in [-0.3, -0.25) is 4.79 Å². The molecule has 0 aliphatic carbocycles. The molecule has 3 aromatic heterocycles. The van der Waals surface area contributed by atoms with Gasteiger partial charge in [0.2, 0.25) is 5.95 Å². The summed E-state index contributed by atoms with van der Waals surface area (Å²) in [6.07, 6.45) is 2.20. The molecule has 41 heavy (non-hydrogen) atoms. The van der Waals surface area contributed by atoms with Crippen LogP contribution in [0.4, 0.5) is 26.1 Å². The first-order chi connectivity index (χ1) is 19.5. The maximum absolute atomic E-state index is 14.7. The summed E-state index contributed by atoms with van der Waals surface area (Å²) in [7, 11) is 3.85. The summed E-state index contributed by atoms with van der Waals surface area (Å²) < 4.78 is 21.1. The Kier molecular flexibility index (Phi) is 7.72. The molecule has 0 atom stereocenters. The topological polar surface area (TPSA) is 117 Å². The first-order valence-electron chi connectivity index (χ1n) is 13.1. The van der Waals surface area contributed by atoms with Crippen molar-refractivity contribution in [3.63, 3.8) is 0 Å². The second-order valence-corrected chi connectivity index (χ2v) is 11.8. The van der Waals surface area contributed by atoms with E-state index in [4.69, 9.17) is 4.74 Å². The van der Waals surface area contributed by atoms with Crippen LogP contribution in [0.5, 0.6) is 0 Å². The van der Waals surface area contributed by atoms with Crippen LogP contribution in [0.1, 0.15) is 31.1 Å². The van der Waals surface area contributed by atoms with Gasteiger partial charge >= 0.3 is 6.09 Å². The van der Waals surface area contributed by atoms with Gasteiger partial charge in [-0.1, -0.05) is 17.4 Å². The Labute approximate surface area is 241 Å². The van der Waals surface area contributed by atoms with Crippen molar-refractivity contribution in [2.45, 2.75) is 26.4 Å². The van der Waals surface area contributed by atoms with Crippen LogP contribution in [0.3, 0.4) is 0 Å². The van der Waals surface area contributed by atoms with Crippen LogP contribution < -0.4 is 10.2 Å². The SMILES string of the molecule is CN(C)c1nc2ccc(-c3nc(Nc4ccc(C(=O)N5CCN(C(=O)OC(C)(C)C)CC5)cn4)ncc3F)cc2s1. The summed E-state index contributed by atoms with van der Waals surface area (Å²) in [5.74, 6) is -0.149. The summed E-state index contributed by atoms with van der Waals surface area (Å²) >= 11 is 1.51. The number of nitrogens with one attached hydrogen (secondary N) is 1. The lowest BCUT2D eigenvalue weighted by Crippen LogP contribution is -2.51. The van der Waals surface area contributed by atoms with Crippen molar-refractivity contribution < 1.29 is 18.7 Å². The van der Waals surface area contributed by atoms with Gasteiger partial charge in [0, 0.05) is 52.0 Å². The number of hydrogen-bond acceptors (Lipinski definition) is 10. The average molecular weight is 579 g/mol. The number of ether oxygens (including phenoxy) is 1. The summed E-state index contributed by atoms with van der Waals surface area (Å²) in [4.78, 5) is 47.8. The fraction of sp³-hybridized carbons (Fsp3) is 0.357. The van der Waals surface area contributed by atoms with E-state index in [2.05, 4.69) is 25.3 Å². The minimum Gasteiger partial charge on any atom is -0.444 e. The Balaban J connectivity index is 1.24. The van der Waals surface area contributed by atoms with E-state index in [0.717, 1.165) is 21.5 Å². The van der Waals surface area contributed by atoms with Gasteiger partial charge in [0.05, 0.1) is 22.0 Å². The lowest BCUT2D eigenvalue weighted by molar-refractivity contribution is 0.0141. The number of pyridine rings is 1. The van der Waals surface area contributed by atoms with Gasteiger partial charge in [-0.05, 0) is 45.0 Å². The highest BCUT2D eigenvalue weighted by molar-refractivity contribution is 7.22. The van der Waals surface area contributed by atoms with Gasteiger partial charge in [0.1, 0.15) is 17.1 Å². The van der Waals surface area contributed by atoms with Crippen molar-refractivity contribution in [2.24, 2.45) is 0 Å². The van der Waals surface area contributed by atoms with Crippen LogP contribution in [-0.4, -0.2) is 87.6 Å². The largest absolute Gasteiger partial charge is 0.444 e. The third-order valence-electron chi connectivity index (χ3n) is 6.25. The molecule has 2 amide bonds. The molecule has 1 N–H and O–H groups in total. The maximum atomic E-state index is 14.7. The molecule has 1 aliphatic heterocycles. The summed E-state index contributed by atoms with van der Waals surface area (Å²) in [6.45, 7) is 7.04. The molecule has 0 bridgehead atoms. The zero-order valence-corrected chi connectivity index (χ0v) is 24.3. The monoisotopic (exact) mass is 578 g/mol. The van der Waals surface area contributed by atoms with Crippen molar-refractivity contribution in [3.8, 4) is 11.3 Å². The van der Waals surface area contributed by atoms with Gasteiger partial charge < -0.3 is 24.8 Å². The molecular formula is C28H31FN8O3S. The molecule has 0 radical (unpaired) electrons. The Morgan fingerprint density at radius 1 is 1.00 bits per heavy atom. The predicted molar refractivity (Wildman–Crippen MR) is 156 cm³/mol. The highest BCUT2D eigenvalue weighted by Gasteiger charge is 2.28. The molecule has 214 valence electrons. The summed E-state index contributed by atoms with van der Waals surface area (Å²) in [6, 6.07) is 8.78. The van der Waals surface area contributed by atoms with Crippen LogP contribution >= 0.6 is 11.3 Å². The first kappa shape index (κ1) is 28.1. The number of fused-ring (bicyclic) bond motifs is 1. The van der Waals surface area contributed by atoms with Gasteiger partial charge in [0.25, 0.3) is 5.91 Å². The number of hydrogen-bond donors (Lipinski definition) is 1. The highest BCUT2D eigenvalue weighted by Crippen LogP contribution is 2.32.